The van der Waals surface area contributed by atoms with E-state index in [2.05, 4.69) is 4.98 Å². The van der Waals surface area contributed by atoms with Crippen LogP contribution in [0.4, 0.5) is 0 Å². The van der Waals surface area contributed by atoms with Crippen LogP contribution in [0.1, 0.15) is 30.3 Å². The van der Waals surface area contributed by atoms with Crippen LogP contribution in [-0.2, 0) is 4.79 Å². The number of aliphatic carboxylic acids is 1. The third kappa shape index (κ3) is 3.20. The first-order valence-electron chi connectivity index (χ1n) is 7.09. The Kier molecular flexibility index (Phi) is 4.26. The lowest BCUT2D eigenvalue weighted by Gasteiger charge is -2.23. The van der Waals surface area contributed by atoms with Gasteiger partial charge in [-0.15, -0.1) is 22.7 Å². The lowest BCUT2D eigenvalue weighted by molar-refractivity contribution is -0.141. The molecule has 0 bridgehead atoms. The van der Waals surface area contributed by atoms with E-state index in [1.807, 2.05) is 17.5 Å². The minimum absolute atomic E-state index is 0.158. The number of amides is 1. The van der Waals surface area contributed by atoms with E-state index in [-0.39, 0.29) is 18.5 Å². The number of aromatic nitrogens is 1. The van der Waals surface area contributed by atoms with Gasteiger partial charge in [0.1, 0.15) is 10.7 Å². The topological polar surface area (TPSA) is 70.5 Å². The summed E-state index contributed by atoms with van der Waals surface area (Å²) in [6.45, 7) is 1.87. The van der Waals surface area contributed by atoms with Crippen molar-refractivity contribution in [3.05, 3.63) is 28.6 Å². The van der Waals surface area contributed by atoms with Gasteiger partial charge >= 0.3 is 5.97 Å². The molecule has 1 atom stereocenters. The van der Waals surface area contributed by atoms with Gasteiger partial charge in [-0.2, -0.15) is 0 Å². The highest BCUT2D eigenvalue weighted by molar-refractivity contribution is 7.20. The first kappa shape index (κ1) is 15.2. The molecule has 2 aromatic rings. The van der Waals surface area contributed by atoms with Crippen molar-refractivity contribution in [1.29, 1.82) is 0 Å². The number of hydrogen-bond acceptors (Lipinski definition) is 5. The van der Waals surface area contributed by atoms with Gasteiger partial charge in [-0.25, -0.2) is 4.98 Å². The standard InChI is InChI=1S/C15H16N2O3S2/c1-9(15(19)20)7-17(10-4-5-10)14(18)11-8-22-13(16-11)12-3-2-6-21-12/h2-3,6,8-10H,4-5,7H2,1H3,(H,19,20). The zero-order valence-corrected chi connectivity index (χ0v) is 13.7. The van der Waals surface area contributed by atoms with Crippen LogP contribution >= 0.6 is 22.7 Å². The molecule has 1 fully saturated rings. The number of rotatable bonds is 6. The van der Waals surface area contributed by atoms with Crippen LogP contribution < -0.4 is 0 Å². The van der Waals surface area contributed by atoms with Gasteiger partial charge in [0.05, 0.1) is 10.8 Å². The first-order valence-corrected chi connectivity index (χ1v) is 8.85. The van der Waals surface area contributed by atoms with Gasteiger partial charge in [0.25, 0.3) is 5.91 Å². The van der Waals surface area contributed by atoms with Crippen molar-refractivity contribution < 1.29 is 14.7 Å². The average molecular weight is 336 g/mol. The monoisotopic (exact) mass is 336 g/mol. The third-order valence-corrected chi connectivity index (χ3v) is 5.48. The molecule has 1 N–H and O–H groups in total. The van der Waals surface area contributed by atoms with Crippen molar-refractivity contribution in [2.75, 3.05) is 6.54 Å². The molecule has 1 saturated carbocycles. The average Bonchev–Trinajstić information content (AvgIpc) is 3.01. The van der Waals surface area contributed by atoms with Gasteiger partial charge in [0, 0.05) is 18.0 Å². The van der Waals surface area contributed by atoms with Gasteiger partial charge in [0.15, 0.2) is 0 Å². The number of hydrogen-bond donors (Lipinski definition) is 1. The zero-order chi connectivity index (χ0) is 15.7. The summed E-state index contributed by atoms with van der Waals surface area (Å²) in [5.41, 5.74) is 0.415. The Morgan fingerprint density at radius 3 is 2.82 bits per heavy atom. The van der Waals surface area contributed by atoms with Crippen LogP contribution in [0.5, 0.6) is 0 Å². The van der Waals surface area contributed by atoms with Gasteiger partial charge < -0.3 is 10.0 Å². The van der Waals surface area contributed by atoms with Gasteiger partial charge in [-0.3, -0.25) is 9.59 Å². The van der Waals surface area contributed by atoms with Crippen LogP contribution in [0, 0.1) is 5.92 Å². The second-order valence-corrected chi connectivity index (χ2v) is 7.25. The maximum absolute atomic E-state index is 12.6. The molecule has 5 nitrogen and oxygen atoms in total. The number of thiophene rings is 1. The van der Waals surface area contributed by atoms with E-state index in [1.54, 1.807) is 28.5 Å². The van der Waals surface area contributed by atoms with Crippen molar-refractivity contribution in [3.8, 4) is 9.88 Å². The molecule has 1 aliphatic carbocycles. The minimum Gasteiger partial charge on any atom is -0.481 e. The van der Waals surface area contributed by atoms with Gasteiger partial charge in [-0.1, -0.05) is 13.0 Å². The van der Waals surface area contributed by atoms with E-state index < -0.39 is 11.9 Å². The van der Waals surface area contributed by atoms with Gasteiger partial charge in [-0.05, 0) is 24.3 Å². The van der Waals surface area contributed by atoms with Crippen LogP contribution in [0.3, 0.4) is 0 Å². The summed E-state index contributed by atoms with van der Waals surface area (Å²) in [6, 6.07) is 4.10. The maximum atomic E-state index is 12.6. The smallest absolute Gasteiger partial charge is 0.308 e. The minimum atomic E-state index is -0.879. The molecule has 0 radical (unpaired) electrons. The lowest BCUT2D eigenvalue weighted by atomic mass is 10.1. The molecule has 0 aliphatic heterocycles. The van der Waals surface area contributed by atoms with Crippen LogP contribution in [-0.4, -0.2) is 39.5 Å². The Morgan fingerprint density at radius 1 is 1.45 bits per heavy atom. The second kappa shape index (κ2) is 6.18. The Balaban J connectivity index is 1.77. The Labute approximate surface area is 136 Å². The fourth-order valence-corrected chi connectivity index (χ4v) is 3.80. The molecular weight excluding hydrogens is 320 g/mol. The number of nitrogens with zero attached hydrogens (tertiary/aromatic N) is 2. The zero-order valence-electron chi connectivity index (χ0n) is 12.1. The normalized spacial score (nSPS) is 15.5. The summed E-state index contributed by atoms with van der Waals surface area (Å²) in [7, 11) is 0. The van der Waals surface area contributed by atoms with Crippen molar-refractivity contribution in [1.82, 2.24) is 9.88 Å². The fourth-order valence-electron chi connectivity index (χ4n) is 2.19. The van der Waals surface area contributed by atoms with E-state index in [0.29, 0.717) is 5.69 Å². The molecule has 1 unspecified atom stereocenters. The molecule has 1 aliphatic rings. The molecule has 3 rings (SSSR count). The van der Waals surface area contributed by atoms with E-state index >= 15 is 0 Å². The molecule has 22 heavy (non-hydrogen) atoms. The van der Waals surface area contributed by atoms with Crippen molar-refractivity contribution in [3.63, 3.8) is 0 Å². The Bertz CT molecular complexity index is 677. The molecular formula is C15H16N2O3S2. The predicted molar refractivity (Wildman–Crippen MR) is 86.3 cm³/mol. The number of carbonyl (C=O) groups excluding carboxylic acids is 1. The summed E-state index contributed by atoms with van der Waals surface area (Å²) in [5, 5.41) is 13.6. The second-order valence-electron chi connectivity index (χ2n) is 5.44. The van der Waals surface area contributed by atoms with Crippen LogP contribution in [0.15, 0.2) is 22.9 Å². The van der Waals surface area contributed by atoms with Crippen molar-refractivity contribution in [2.45, 2.75) is 25.8 Å². The van der Waals surface area contributed by atoms with Gasteiger partial charge in [0.2, 0.25) is 0 Å². The lowest BCUT2D eigenvalue weighted by Crippen LogP contribution is -2.38. The number of thiazole rings is 1. The van der Waals surface area contributed by atoms with Crippen molar-refractivity contribution >= 4 is 34.6 Å². The first-order chi connectivity index (χ1) is 10.6. The molecule has 0 saturated heterocycles. The quantitative estimate of drug-likeness (QED) is 0.879. The van der Waals surface area contributed by atoms with E-state index in [4.69, 9.17) is 5.11 Å². The molecule has 0 aromatic carbocycles. The highest BCUT2D eigenvalue weighted by Crippen LogP contribution is 2.31. The number of carboxylic acid groups (broad SMARTS) is 1. The fraction of sp³-hybridized carbons (Fsp3) is 0.400. The molecule has 1 amide bonds. The highest BCUT2D eigenvalue weighted by atomic mass is 32.1. The Hall–Kier alpha value is -1.73. The highest BCUT2D eigenvalue weighted by Gasteiger charge is 2.35. The van der Waals surface area contributed by atoms with E-state index in [0.717, 1.165) is 22.7 Å². The SMILES string of the molecule is CC(CN(C(=O)c1csc(-c2cccs2)n1)C1CC1)C(=O)O. The summed E-state index contributed by atoms with van der Waals surface area (Å²) >= 11 is 3.03. The summed E-state index contributed by atoms with van der Waals surface area (Å²) < 4.78 is 0. The largest absolute Gasteiger partial charge is 0.481 e. The summed E-state index contributed by atoms with van der Waals surface area (Å²) in [6.07, 6.45) is 1.89. The molecule has 2 heterocycles. The molecule has 0 spiro atoms. The van der Waals surface area contributed by atoms with E-state index in [9.17, 15) is 9.59 Å². The molecule has 7 heteroatoms. The maximum Gasteiger partial charge on any atom is 0.308 e. The van der Waals surface area contributed by atoms with Crippen molar-refractivity contribution in [2.24, 2.45) is 5.92 Å². The summed E-state index contributed by atoms with van der Waals surface area (Å²) in [5.74, 6) is -1.61. The molecule has 2 aromatic heterocycles. The third-order valence-electron chi connectivity index (χ3n) is 3.60. The predicted octanol–water partition coefficient (Wildman–Crippen LogP) is 3.20. The molecule has 116 valence electrons. The van der Waals surface area contributed by atoms with Crippen LogP contribution in [0.2, 0.25) is 0 Å². The van der Waals surface area contributed by atoms with E-state index in [1.165, 1.54) is 11.3 Å². The summed E-state index contributed by atoms with van der Waals surface area (Å²) in [4.78, 5) is 30.8. The Morgan fingerprint density at radius 2 is 2.23 bits per heavy atom. The number of carboxylic acids is 1. The number of carbonyl (C=O) groups is 2. The van der Waals surface area contributed by atoms with Crippen LogP contribution in [0.25, 0.3) is 9.88 Å².